The van der Waals surface area contributed by atoms with Crippen LogP contribution in [0, 0.1) is 0 Å². The fraction of sp³-hybridized carbons (Fsp3) is 0. The van der Waals surface area contributed by atoms with E-state index in [1.54, 1.807) is 0 Å². The smallest absolute Gasteiger partial charge is 0.164 e. The van der Waals surface area contributed by atoms with Crippen molar-refractivity contribution in [3.63, 3.8) is 0 Å². The van der Waals surface area contributed by atoms with E-state index in [9.17, 15) is 0 Å². The van der Waals surface area contributed by atoms with Gasteiger partial charge in [-0.15, -0.1) is 0 Å². The second kappa shape index (κ2) is 13.0. The molecule has 0 radical (unpaired) electrons. The van der Waals surface area contributed by atoms with Crippen LogP contribution >= 0.6 is 0 Å². The number of benzene rings is 9. The second-order valence-electron chi connectivity index (χ2n) is 14.1. The Morgan fingerprint density at radius 2 is 0.911 bits per heavy atom. The van der Waals surface area contributed by atoms with Crippen molar-refractivity contribution in [3.05, 3.63) is 194 Å². The number of hydrogen-bond acceptors (Lipinski definition) is 5. The third kappa shape index (κ3) is 5.45. The first-order chi connectivity index (χ1) is 27.7. The fourth-order valence-electron chi connectivity index (χ4n) is 7.92. The van der Waals surface area contributed by atoms with E-state index in [0.29, 0.717) is 17.5 Å². The Balaban J connectivity index is 1.18. The van der Waals surface area contributed by atoms with Crippen LogP contribution in [0.4, 0.5) is 17.1 Å². The first kappa shape index (κ1) is 31.9. The molecule has 0 bridgehead atoms. The molecule has 11 aromatic rings. The first-order valence-corrected chi connectivity index (χ1v) is 18.8. The Kier molecular flexibility index (Phi) is 7.42. The third-order valence-electron chi connectivity index (χ3n) is 10.6. The summed E-state index contributed by atoms with van der Waals surface area (Å²) in [6.07, 6.45) is 0. The van der Waals surface area contributed by atoms with Crippen LogP contribution < -0.4 is 4.90 Å². The van der Waals surface area contributed by atoms with E-state index in [1.165, 1.54) is 16.2 Å². The maximum Gasteiger partial charge on any atom is 0.164 e. The van der Waals surface area contributed by atoms with Crippen LogP contribution in [0.25, 0.3) is 88.4 Å². The molecule has 0 saturated carbocycles. The van der Waals surface area contributed by atoms with Gasteiger partial charge in [0, 0.05) is 49.9 Å². The van der Waals surface area contributed by atoms with Crippen LogP contribution in [-0.4, -0.2) is 15.0 Å². The molecule has 11 rings (SSSR count). The highest BCUT2D eigenvalue weighted by atomic mass is 16.3. The topological polar surface area (TPSA) is 55.1 Å². The molecule has 0 saturated heterocycles. The van der Waals surface area contributed by atoms with Gasteiger partial charge in [-0.05, 0) is 81.5 Å². The summed E-state index contributed by atoms with van der Waals surface area (Å²) in [6.45, 7) is 0. The highest BCUT2D eigenvalue weighted by Crippen LogP contribution is 2.43. The van der Waals surface area contributed by atoms with E-state index >= 15 is 0 Å². The summed E-state index contributed by atoms with van der Waals surface area (Å²) in [4.78, 5) is 17.8. The van der Waals surface area contributed by atoms with Gasteiger partial charge in [-0.25, -0.2) is 15.0 Å². The number of hydrogen-bond donors (Lipinski definition) is 0. The van der Waals surface area contributed by atoms with Crippen molar-refractivity contribution < 1.29 is 4.42 Å². The Morgan fingerprint density at radius 3 is 1.70 bits per heavy atom. The molecule has 0 spiro atoms. The predicted molar refractivity (Wildman–Crippen MR) is 231 cm³/mol. The molecule has 0 fully saturated rings. The van der Waals surface area contributed by atoms with Gasteiger partial charge in [-0.3, -0.25) is 0 Å². The molecule has 0 unspecified atom stereocenters. The Labute approximate surface area is 322 Å². The minimum absolute atomic E-state index is 0.599. The molecule has 2 aromatic heterocycles. The number of furan rings is 1. The molecule has 5 heteroatoms. The highest BCUT2D eigenvalue weighted by Gasteiger charge is 2.21. The van der Waals surface area contributed by atoms with E-state index in [2.05, 4.69) is 157 Å². The summed E-state index contributed by atoms with van der Waals surface area (Å²) in [5.41, 5.74) is 7.55. The summed E-state index contributed by atoms with van der Waals surface area (Å²) in [7, 11) is 0. The zero-order valence-corrected chi connectivity index (χ0v) is 30.2. The number of rotatable bonds is 6. The van der Waals surface area contributed by atoms with Gasteiger partial charge in [-0.2, -0.15) is 0 Å². The van der Waals surface area contributed by atoms with Crippen molar-refractivity contribution in [1.82, 2.24) is 15.0 Å². The number of nitrogens with zero attached hydrogens (tertiary/aromatic N) is 4. The molecule has 0 aliphatic heterocycles. The van der Waals surface area contributed by atoms with Crippen LogP contribution in [0.2, 0.25) is 0 Å². The van der Waals surface area contributed by atoms with Crippen molar-refractivity contribution >= 4 is 71.3 Å². The van der Waals surface area contributed by atoms with Crippen molar-refractivity contribution in [2.75, 3.05) is 4.90 Å². The number of fused-ring (bicyclic) bond motifs is 7. The summed E-state index contributed by atoms with van der Waals surface area (Å²) in [5, 5.41) is 8.69. The average Bonchev–Trinajstić information content (AvgIpc) is 3.65. The molecule has 0 aliphatic carbocycles. The van der Waals surface area contributed by atoms with Crippen LogP contribution in [0.1, 0.15) is 0 Å². The molecule has 0 N–H and O–H groups in total. The zero-order valence-electron chi connectivity index (χ0n) is 30.2. The van der Waals surface area contributed by atoms with E-state index < -0.39 is 0 Å². The molecule has 5 nitrogen and oxygen atoms in total. The maximum absolute atomic E-state index is 6.72. The summed E-state index contributed by atoms with van der Waals surface area (Å²) >= 11 is 0. The van der Waals surface area contributed by atoms with E-state index in [1.807, 2.05) is 42.5 Å². The van der Waals surface area contributed by atoms with Gasteiger partial charge in [-0.1, -0.05) is 140 Å². The van der Waals surface area contributed by atoms with Gasteiger partial charge in [0.2, 0.25) is 0 Å². The second-order valence-corrected chi connectivity index (χ2v) is 14.1. The first-order valence-electron chi connectivity index (χ1n) is 18.8. The normalized spacial score (nSPS) is 11.6. The number of para-hydroxylation sites is 2. The molecular formula is C51H32N4O. The predicted octanol–water partition coefficient (Wildman–Crippen LogP) is 13.7. The van der Waals surface area contributed by atoms with Crippen molar-refractivity contribution in [1.29, 1.82) is 0 Å². The highest BCUT2D eigenvalue weighted by molar-refractivity contribution is 6.19. The lowest BCUT2D eigenvalue weighted by molar-refractivity contribution is 0.672. The van der Waals surface area contributed by atoms with E-state index in [-0.39, 0.29) is 0 Å². The quantitative estimate of drug-likeness (QED) is 0.171. The van der Waals surface area contributed by atoms with Gasteiger partial charge in [0.25, 0.3) is 0 Å². The van der Waals surface area contributed by atoms with Gasteiger partial charge in [0.15, 0.2) is 17.5 Å². The standard InChI is InChI=1S/C51H32N4O/c1-3-15-35(16-4-1)49-52-50(38-24-23-33-13-7-9-17-36(33)29-38)54-51(53-49)46-32-45-43-21-11-12-22-47(43)56-48(45)44-31-41(27-28-42(44)46)55(39-19-5-2-6-20-39)40-26-25-34-14-8-10-18-37(34)30-40/h1-32H. The van der Waals surface area contributed by atoms with Gasteiger partial charge in [0.05, 0.1) is 0 Å². The summed E-state index contributed by atoms with van der Waals surface area (Å²) < 4.78 is 6.72. The van der Waals surface area contributed by atoms with Crippen molar-refractivity contribution in [3.8, 4) is 34.2 Å². The fourth-order valence-corrected chi connectivity index (χ4v) is 7.92. The monoisotopic (exact) mass is 716 g/mol. The summed E-state index contributed by atoms with van der Waals surface area (Å²) in [6, 6.07) is 67.6. The molecule has 0 amide bonds. The van der Waals surface area contributed by atoms with Crippen LogP contribution in [-0.2, 0) is 0 Å². The number of aromatic nitrogens is 3. The van der Waals surface area contributed by atoms with E-state index in [4.69, 9.17) is 19.4 Å². The van der Waals surface area contributed by atoms with Gasteiger partial charge < -0.3 is 9.32 Å². The molecule has 56 heavy (non-hydrogen) atoms. The SMILES string of the molecule is c1ccc(-c2nc(-c3ccc4ccccc4c3)nc(-c3cc4c5ccccc5oc4c4cc(N(c5ccccc5)c5ccc6ccccc6c5)ccc34)n2)cc1. The lowest BCUT2D eigenvalue weighted by Crippen LogP contribution is -2.09. The van der Waals surface area contributed by atoms with Crippen LogP contribution in [0.3, 0.4) is 0 Å². The Bertz CT molecular complexity index is 3260. The lowest BCUT2D eigenvalue weighted by Gasteiger charge is -2.26. The van der Waals surface area contributed by atoms with Gasteiger partial charge in [0.1, 0.15) is 11.2 Å². The Morgan fingerprint density at radius 1 is 0.339 bits per heavy atom. The van der Waals surface area contributed by atoms with Crippen LogP contribution in [0.5, 0.6) is 0 Å². The molecule has 262 valence electrons. The van der Waals surface area contributed by atoms with Crippen molar-refractivity contribution in [2.24, 2.45) is 0 Å². The third-order valence-corrected chi connectivity index (χ3v) is 10.6. The summed E-state index contributed by atoms with van der Waals surface area (Å²) in [5.74, 6) is 1.83. The molecule has 9 aromatic carbocycles. The Hall–Kier alpha value is -7.63. The van der Waals surface area contributed by atoms with E-state index in [0.717, 1.165) is 71.8 Å². The van der Waals surface area contributed by atoms with Gasteiger partial charge >= 0.3 is 0 Å². The van der Waals surface area contributed by atoms with Crippen LogP contribution in [0.15, 0.2) is 199 Å². The minimum Gasteiger partial charge on any atom is -0.455 e. The largest absolute Gasteiger partial charge is 0.455 e. The molecule has 0 atom stereocenters. The minimum atomic E-state index is 0.599. The maximum atomic E-state index is 6.72. The molecule has 2 heterocycles. The number of anilines is 3. The van der Waals surface area contributed by atoms with Crippen molar-refractivity contribution in [2.45, 2.75) is 0 Å². The zero-order chi connectivity index (χ0) is 37.0. The molecular weight excluding hydrogens is 685 g/mol. The average molecular weight is 717 g/mol. The lowest BCUT2D eigenvalue weighted by atomic mass is 9.98. The molecule has 0 aliphatic rings.